The third kappa shape index (κ3) is 6.35. The number of ketones is 1. The van der Waals surface area contributed by atoms with Crippen LogP contribution in [0.4, 0.5) is 11.4 Å². The Morgan fingerprint density at radius 2 is 1.21 bits per heavy atom. The molecular formula is C30H36N2O. The summed E-state index contributed by atoms with van der Waals surface area (Å²) in [4.78, 5) is 17.4. The first-order valence-electron chi connectivity index (χ1n) is 11.8. The van der Waals surface area contributed by atoms with Crippen LogP contribution in [0.5, 0.6) is 0 Å². The molecule has 3 rings (SSSR count). The van der Waals surface area contributed by atoms with E-state index in [9.17, 15) is 4.79 Å². The number of carbonyl (C=O) groups excluding carboxylic acids is 1. The van der Waals surface area contributed by atoms with Gasteiger partial charge in [-0.2, -0.15) is 0 Å². The number of Topliss-reactive ketones (excluding diaryl/α,β-unsaturated/α-hetero) is 1. The minimum atomic E-state index is -0.0190. The largest absolute Gasteiger partial charge is 0.378 e. The zero-order chi connectivity index (χ0) is 23.8. The highest BCUT2D eigenvalue weighted by Gasteiger charge is 2.19. The van der Waals surface area contributed by atoms with E-state index in [1.165, 1.54) is 28.1 Å². The molecule has 3 nitrogen and oxygen atoms in total. The van der Waals surface area contributed by atoms with E-state index in [4.69, 9.17) is 0 Å². The smallest absolute Gasteiger partial charge is 0.166 e. The van der Waals surface area contributed by atoms with Gasteiger partial charge in [-0.3, -0.25) is 4.79 Å². The molecular weight excluding hydrogens is 404 g/mol. The Balaban J connectivity index is 1.96. The SMILES string of the molecule is CCC[C@@H](CC=C(c1ccc(N(C)C)cc1)c1ccc(N(C)C)cc1)C(=O)c1ccccc1. The molecule has 3 aromatic rings. The van der Waals surface area contributed by atoms with Gasteiger partial charge in [-0.05, 0) is 53.8 Å². The third-order valence-electron chi connectivity index (χ3n) is 6.06. The lowest BCUT2D eigenvalue weighted by molar-refractivity contribution is 0.0914. The van der Waals surface area contributed by atoms with Crippen molar-refractivity contribution in [1.82, 2.24) is 0 Å². The van der Waals surface area contributed by atoms with Crippen LogP contribution >= 0.6 is 0 Å². The molecule has 33 heavy (non-hydrogen) atoms. The number of allylic oxidation sites excluding steroid dienone is 1. The molecule has 172 valence electrons. The van der Waals surface area contributed by atoms with Crippen molar-refractivity contribution in [1.29, 1.82) is 0 Å². The van der Waals surface area contributed by atoms with E-state index in [-0.39, 0.29) is 11.7 Å². The summed E-state index contributed by atoms with van der Waals surface area (Å²) in [6, 6.07) is 27.0. The molecule has 0 radical (unpaired) electrons. The van der Waals surface area contributed by atoms with Crippen molar-refractivity contribution in [3.05, 3.63) is 102 Å². The monoisotopic (exact) mass is 440 g/mol. The quantitative estimate of drug-likeness (QED) is 0.319. The second kappa shape index (κ2) is 11.5. The van der Waals surface area contributed by atoms with Crippen LogP contribution in [0.1, 0.15) is 47.7 Å². The van der Waals surface area contributed by atoms with Gasteiger partial charge >= 0.3 is 0 Å². The second-order valence-electron chi connectivity index (χ2n) is 8.95. The molecule has 0 aliphatic heterocycles. The van der Waals surface area contributed by atoms with Gasteiger partial charge in [0.15, 0.2) is 5.78 Å². The van der Waals surface area contributed by atoms with E-state index < -0.39 is 0 Å². The molecule has 3 heteroatoms. The van der Waals surface area contributed by atoms with Gasteiger partial charge in [0.2, 0.25) is 0 Å². The van der Waals surface area contributed by atoms with E-state index in [0.29, 0.717) is 0 Å². The Hall–Kier alpha value is -3.33. The normalized spacial score (nSPS) is 11.5. The van der Waals surface area contributed by atoms with Crippen molar-refractivity contribution in [2.24, 2.45) is 5.92 Å². The summed E-state index contributed by atoms with van der Waals surface area (Å²) < 4.78 is 0. The lowest BCUT2D eigenvalue weighted by atomic mass is 9.88. The predicted octanol–water partition coefficient (Wildman–Crippen LogP) is 6.94. The second-order valence-corrected chi connectivity index (χ2v) is 8.95. The standard InChI is InChI=1S/C30H36N2O/c1-6-10-25(30(33)26-11-8-7-9-12-26)17-22-29(23-13-18-27(19-14-23)31(2)3)24-15-20-28(21-16-24)32(4)5/h7-9,11-16,18-22,25H,6,10,17H2,1-5H3/t25-/m0/s1. The third-order valence-corrected chi connectivity index (χ3v) is 6.06. The molecule has 0 unspecified atom stereocenters. The first-order valence-corrected chi connectivity index (χ1v) is 11.8. The van der Waals surface area contributed by atoms with Crippen molar-refractivity contribution >= 4 is 22.7 Å². The number of carbonyl (C=O) groups is 1. The molecule has 0 bridgehead atoms. The maximum Gasteiger partial charge on any atom is 0.166 e. The van der Waals surface area contributed by atoms with Gasteiger partial charge in [-0.25, -0.2) is 0 Å². The van der Waals surface area contributed by atoms with E-state index >= 15 is 0 Å². The van der Waals surface area contributed by atoms with Crippen LogP contribution in [0, 0.1) is 5.92 Å². The van der Waals surface area contributed by atoms with Gasteiger partial charge in [0.1, 0.15) is 0 Å². The van der Waals surface area contributed by atoms with Crippen molar-refractivity contribution in [3.8, 4) is 0 Å². The summed E-state index contributed by atoms with van der Waals surface area (Å²) in [7, 11) is 8.21. The van der Waals surface area contributed by atoms with Crippen LogP contribution in [-0.4, -0.2) is 34.0 Å². The maximum absolute atomic E-state index is 13.2. The van der Waals surface area contributed by atoms with Crippen molar-refractivity contribution in [3.63, 3.8) is 0 Å². The van der Waals surface area contributed by atoms with Crippen molar-refractivity contribution < 1.29 is 4.79 Å². The Kier molecular flexibility index (Phi) is 8.48. The minimum Gasteiger partial charge on any atom is -0.378 e. The van der Waals surface area contributed by atoms with Crippen molar-refractivity contribution in [2.45, 2.75) is 26.2 Å². The van der Waals surface area contributed by atoms with Crippen LogP contribution in [0.2, 0.25) is 0 Å². The number of benzene rings is 3. The van der Waals surface area contributed by atoms with Gasteiger partial charge in [0.25, 0.3) is 0 Å². The molecule has 0 fully saturated rings. The molecule has 0 spiro atoms. The van der Waals surface area contributed by atoms with Crippen LogP contribution in [0.3, 0.4) is 0 Å². The summed E-state index contributed by atoms with van der Waals surface area (Å²) >= 11 is 0. The predicted molar refractivity (Wildman–Crippen MR) is 142 cm³/mol. The average Bonchev–Trinajstić information content (AvgIpc) is 2.84. The topological polar surface area (TPSA) is 23.6 Å². The van der Waals surface area contributed by atoms with E-state index in [1.54, 1.807) is 0 Å². The lowest BCUT2D eigenvalue weighted by Gasteiger charge is -2.18. The van der Waals surface area contributed by atoms with E-state index in [1.807, 2.05) is 30.3 Å². The van der Waals surface area contributed by atoms with Gasteiger partial charge in [-0.15, -0.1) is 0 Å². The number of nitrogens with zero attached hydrogens (tertiary/aromatic N) is 2. The molecule has 0 aromatic heterocycles. The Morgan fingerprint density at radius 3 is 1.64 bits per heavy atom. The minimum absolute atomic E-state index is 0.0190. The van der Waals surface area contributed by atoms with Gasteiger partial charge in [-0.1, -0.05) is 74.0 Å². The van der Waals surface area contributed by atoms with E-state index in [0.717, 1.165) is 24.8 Å². The fourth-order valence-corrected chi connectivity index (χ4v) is 4.08. The molecule has 0 aliphatic rings. The highest BCUT2D eigenvalue weighted by Crippen LogP contribution is 2.29. The molecule has 0 saturated heterocycles. The first-order chi connectivity index (χ1) is 15.9. The summed E-state index contributed by atoms with van der Waals surface area (Å²) in [6.07, 6.45) is 4.86. The fraction of sp³-hybridized carbons (Fsp3) is 0.300. The fourth-order valence-electron chi connectivity index (χ4n) is 4.08. The number of anilines is 2. The molecule has 0 N–H and O–H groups in total. The first kappa shape index (κ1) is 24.3. The van der Waals surface area contributed by atoms with Crippen LogP contribution in [0.25, 0.3) is 5.57 Å². The zero-order valence-electron chi connectivity index (χ0n) is 20.6. The molecule has 0 amide bonds. The van der Waals surface area contributed by atoms with Crippen LogP contribution < -0.4 is 9.80 Å². The molecule has 3 aromatic carbocycles. The summed E-state index contributed by atoms with van der Waals surface area (Å²) in [5, 5.41) is 0. The molecule has 0 saturated carbocycles. The van der Waals surface area contributed by atoms with Crippen molar-refractivity contribution in [2.75, 3.05) is 38.0 Å². The Labute approximate surface area is 199 Å². The number of hydrogen-bond donors (Lipinski definition) is 0. The van der Waals surface area contributed by atoms with E-state index in [2.05, 4.69) is 99.5 Å². The van der Waals surface area contributed by atoms with Crippen LogP contribution in [0.15, 0.2) is 84.9 Å². The van der Waals surface area contributed by atoms with Gasteiger partial charge in [0, 0.05) is 51.0 Å². The summed E-state index contributed by atoms with van der Waals surface area (Å²) in [5.41, 5.74) is 6.65. The molecule has 0 heterocycles. The van der Waals surface area contributed by atoms with Gasteiger partial charge in [0.05, 0.1) is 0 Å². The zero-order valence-corrected chi connectivity index (χ0v) is 20.6. The Morgan fingerprint density at radius 1 is 0.727 bits per heavy atom. The Bertz CT molecular complexity index is 995. The average molecular weight is 441 g/mol. The van der Waals surface area contributed by atoms with Gasteiger partial charge < -0.3 is 9.80 Å². The number of hydrogen-bond acceptors (Lipinski definition) is 3. The number of rotatable bonds is 10. The highest BCUT2D eigenvalue weighted by atomic mass is 16.1. The lowest BCUT2D eigenvalue weighted by Crippen LogP contribution is -2.14. The van der Waals surface area contributed by atoms with Crippen LogP contribution in [-0.2, 0) is 0 Å². The molecule has 1 atom stereocenters. The highest BCUT2D eigenvalue weighted by molar-refractivity contribution is 5.98. The summed E-state index contributed by atoms with van der Waals surface area (Å²) in [5.74, 6) is 0.216. The summed E-state index contributed by atoms with van der Waals surface area (Å²) in [6.45, 7) is 2.15. The maximum atomic E-state index is 13.2. The molecule has 0 aliphatic carbocycles.